The summed E-state index contributed by atoms with van der Waals surface area (Å²) in [7, 11) is -3.88. The van der Waals surface area contributed by atoms with E-state index in [1.807, 2.05) is 29.2 Å². The van der Waals surface area contributed by atoms with Gasteiger partial charge in [0.05, 0.1) is 5.69 Å². The van der Waals surface area contributed by atoms with Gasteiger partial charge >= 0.3 is 0 Å². The highest BCUT2D eigenvalue weighted by Crippen LogP contribution is 2.40. The Morgan fingerprint density at radius 1 is 0.949 bits per heavy atom. The number of carbonyl (C=O) groups excluding carboxylic acids is 1. The van der Waals surface area contributed by atoms with Crippen molar-refractivity contribution in [2.45, 2.75) is 49.8 Å². The van der Waals surface area contributed by atoms with Crippen molar-refractivity contribution in [3.05, 3.63) is 78.1 Å². The molecule has 2 aliphatic rings. The fraction of sp³-hybridized carbons (Fsp3) is 0.367. The van der Waals surface area contributed by atoms with E-state index >= 15 is 0 Å². The van der Waals surface area contributed by atoms with Crippen molar-refractivity contribution in [3.63, 3.8) is 0 Å². The van der Waals surface area contributed by atoms with Crippen LogP contribution in [0.2, 0.25) is 0 Å². The van der Waals surface area contributed by atoms with Crippen LogP contribution in [0, 0.1) is 0 Å². The Labute approximate surface area is 230 Å². The number of nitrogens with one attached hydrogen (secondary N) is 1. The lowest BCUT2D eigenvalue weighted by molar-refractivity contribution is 0.0747. The van der Waals surface area contributed by atoms with Crippen molar-refractivity contribution >= 4 is 39.2 Å². The first kappa shape index (κ1) is 26.9. The number of anilines is 2. The molecule has 0 radical (unpaired) electrons. The van der Waals surface area contributed by atoms with E-state index in [0.29, 0.717) is 35.9 Å². The summed E-state index contributed by atoms with van der Waals surface area (Å²) in [5.74, 6) is 0.267. The molecule has 8 nitrogen and oxygen atoms in total. The van der Waals surface area contributed by atoms with Crippen LogP contribution in [0.15, 0.2) is 76.9 Å². The van der Waals surface area contributed by atoms with E-state index < -0.39 is 10.0 Å². The number of hydrogen-bond acceptors (Lipinski definition) is 6. The maximum absolute atomic E-state index is 13.5. The van der Waals surface area contributed by atoms with Crippen molar-refractivity contribution in [3.8, 4) is 0 Å². The lowest BCUT2D eigenvalue weighted by Crippen LogP contribution is -2.48. The molecule has 9 heteroatoms. The van der Waals surface area contributed by atoms with E-state index in [9.17, 15) is 13.2 Å². The fourth-order valence-corrected chi connectivity index (χ4v) is 6.80. The van der Waals surface area contributed by atoms with Crippen molar-refractivity contribution in [2.24, 2.45) is 4.99 Å². The topological polar surface area (TPSA) is 95.0 Å². The molecule has 1 amide bonds. The third kappa shape index (κ3) is 6.14. The smallest absolute Gasteiger partial charge is 0.264 e. The number of rotatable bonds is 7. The van der Waals surface area contributed by atoms with Crippen molar-refractivity contribution < 1.29 is 13.2 Å². The SMILES string of the molecule is CC=Nc1c(C2CCCCC2)cccc1S(=O)(=O)Nc1ccc(C(=O)N2CCN(c3ccncc3)CC2)cc1. The van der Waals surface area contributed by atoms with Gasteiger partial charge in [-0.05, 0) is 73.7 Å². The Bertz CT molecular complexity index is 1410. The van der Waals surface area contributed by atoms with E-state index in [2.05, 4.69) is 19.6 Å². The molecule has 1 aliphatic heterocycles. The highest BCUT2D eigenvalue weighted by Gasteiger charge is 2.26. The number of amides is 1. The second-order valence-corrected chi connectivity index (χ2v) is 11.7. The number of hydrogen-bond donors (Lipinski definition) is 1. The molecule has 3 aromatic rings. The number of aliphatic imine (C=N–C) groups is 1. The van der Waals surface area contributed by atoms with E-state index in [4.69, 9.17) is 0 Å². The number of para-hydroxylation sites is 1. The third-order valence-electron chi connectivity index (χ3n) is 7.60. The zero-order chi connectivity index (χ0) is 27.2. The molecule has 1 N–H and O–H groups in total. The van der Waals surface area contributed by atoms with E-state index in [-0.39, 0.29) is 10.8 Å². The predicted molar refractivity (Wildman–Crippen MR) is 156 cm³/mol. The van der Waals surface area contributed by atoms with Crippen LogP contribution in [0.3, 0.4) is 0 Å². The molecule has 204 valence electrons. The minimum atomic E-state index is -3.88. The fourth-order valence-electron chi connectivity index (χ4n) is 5.56. The van der Waals surface area contributed by atoms with Crippen LogP contribution < -0.4 is 9.62 Å². The average Bonchev–Trinajstić information content (AvgIpc) is 2.98. The van der Waals surface area contributed by atoms with Crippen molar-refractivity contribution in [1.82, 2.24) is 9.88 Å². The normalized spacial score (nSPS) is 16.9. The van der Waals surface area contributed by atoms with Gasteiger partial charge in [-0.15, -0.1) is 0 Å². The molecular weight excluding hydrogens is 510 g/mol. The highest BCUT2D eigenvalue weighted by atomic mass is 32.2. The second kappa shape index (κ2) is 12.0. The summed E-state index contributed by atoms with van der Waals surface area (Å²) in [4.78, 5) is 25.9. The number of sulfonamides is 1. The Morgan fingerprint density at radius 2 is 1.64 bits per heavy atom. The first-order valence-electron chi connectivity index (χ1n) is 13.6. The molecule has 2 aromatic carbocycles. The predicted octanol–water partition coefficient (Wildman–Crippen LogP) is 5.61. The molecule has 0 bridgehead atoms. The highest BCUT2D eigenvalue weighted by molar-refractivity contribution is 7.92. The molecule has 1 aliphatic carbocycles. The molecule has 1 saturated carbocycles. The lowest BCUT2D eigenvalue weighted by Gasteiger charge is -2.36. The van der Waals surface area contributed by atoms with Gasteiger partial charge in [0.2, 0.25) is 0 Å². The van der Waals surface area contributed by atoms with Gasteiger partial charge in [-0.3, -0.25) is 19.5 Å². The van der Waals surface area contributed by atoms with Crippen molar-refractivity contribution in [1.29, 1.82) is 0 Å². The van der Waals surface area contributed by atoms with Gasteiger partial charge in [0, 0.05) is 61.7 Å². The van der Waals surface area contributed by atoms with Crippen LogP contribution in [0.25, 0.3) is 0 Å². The summed E-state index contributed by atoms with van der Waals surface area (Å²) in [5, 5.41) is 0. The summed E-state index contributed by atoms with van der Waals surface area (Å²) >= 11 is 0. The summed E-state index contributed by atoms with van der Waals surface area (Å²) in [6.07, 6.45) is 10.8. The quantitative estimate of drug-likeness (QED) is 0.389. The van der Waals surface area contributed by atoms with Gasteiger partial charge in [0.25, 0.3) is 15.9 Å². The number of benzene rings is 2. The number of piperazine rings is 1. The maximum atomic E-state index is 13.5. The molecule has 2 heterocycles. The molecule has 0 unspecified atom stereocenters. The van der Waals surface area contributed by atoms with Gasteiger partial charge in [0.1, 0.15) is 4.90 Å². The molecule has 1 saturated heterocycles. The van der Waals surface area contributed by atoms with Gasteiger partial charge < -0.3 is 9.80 Å². The van der Waals surface area contributed by atoms with Gasteiger partial charge in [-0.2, -0.15) is 0 Å². The largest absolute Gasteiger partial charge is 0.368 e. The Hall–Kier alpha value is -3.72. The number of aromatic nitrogens is 1. The number of pyridine rings is 1. The first-order chi connectivity index (χ1) is 19.0. The number of nitrogens with zero attached hydrogens (tertiary/aromatic N) is 4. The lowest BCUT2D eigenvalue weighted by atomic mass is 9.83. The monoisotopic (exact) mass is 545 g/mol. The molecular formula is C30H35N5O3S. The molecule has 2 fully saturated rings. The second-order valence-electron chi connectivity index (χ2n) is 10.1. The summed E-state index contributed by atoms with van der Waals surface area (Å²) in [5.41, 5.74) is 3.57. The van der Waals surface area contributed by atoms with E-state index in [0.717, 1.165) is 50.0 Å². The van der Waals surface area contributed by atoms with Gasteiger partial charge in [0.15, 0.2) is 0 Å². The van der Waals surface area contributed by atoms with Crippen LogP contribution in [0.4, 0.5) is 17.1 Å². The minimum absolute atomic E-state index is 0.0569. The summed E-state index contributed by atoms with van der Waals surface area (Å²) in [6, 6.07) is 16.0. The third-order valence-corrected chi connectivity index (χ3v) is 9.01. The average molecular weight is 546 g/mol. The molecule has 39 heavy (non-hydrogen) atoms. The Kier molecular flexibility index (Phi) is 8.26. The molecule has 5 rings (SSSR count). The number of carbonyl (C=O) groups is 1. The zero-order valence-electron chi connectivity index (χ0n) is 22.3. The van der Waals surface area contributed by atoms with Gasteiger partial charge in [-0.1, -0.05) is 31.4 Å². The molecule has 1 aromatic heterocycles. The van der Waals surface area contributed by atoms with Crippen LogP contribution in [-0.2, 0) is 10.0 Å². The van der Waals surface area contributed by atoms with Crippen LogP contribution >= 0.6 is 0 Å². The minimum Gasteiger partial charge on any atom is -0.368 e. The van der Waals surface area contributed by atoms with E-state index in [1.165, 1.54) is 6.42 Å². The maximum Gasteiger partial charge on any atom is 0.264 e. The Morgan fingerprint density at radius 3 is 2.31 bits per heavy atom. The molecule has 0 spiro atoms. The van der Waals surface area contributed by atoms with Crippen LogP contribution in [0.1, 0.15) is 60.9 Å². The van der Waals surface area contributed by atoms with Crippen LogP contribution in [-0.4, -0.2) is 56.6 Å². The first-order valence-corrected chi connectivity index (χ1v) is 15.1. The van der Waals surface area contributed by atoms with Crippen LogP contribution in [0.5, 0.6) is 0 Å². The van der Waals surface area contributed by atoms with Gasteiger partial charge in [-0.25, -0.2) is 8.42 Å². The summed E-state index contributed by atoms with van der Waals surface area (Å²) in [6.45, 7) is 4.53. The zero-order valence-corrected chi connectivity index (χ0v) is 23.1. The summed E-state index contributed by atoms with van der Waals surface area (Å²) < 4.78 is 29.6. The Balaban J connectivity index is 1.27. The van der Waals surface area contributed by atoms with Crippen molar-refractivity contribution in [2.75, 3.05) is 35.8 Å². The molecule has 0 atom stereocenters. The standard InChI is InChI=1S/C30H35N5O3S/c1-2-32-29-27(23-7-4-3-5-8-23)9-6-10-28(29)39(37,38)33-25-13-11-24(12-14-25)30(36)35-21-19-34(20-22-35)26-15-17-31-18-16-26/h2,6,9-18,23,33H,3-5,7-8,19-22H2,1H3. The van der Waals surface area contributed by atoms with E-state index in [1.54, 1.807) is 55.9 Å².